The Hall–Kier alpha value is -2.24. The quantitative estimate of drug-likeness (QED) is 0.939. The zero-order valence-corrected chi connectivity index (χ0v) is 13.8. The largest absolute Gasteiger partial charge is 0.347 e. The average molecular weight is 301 g/mol. The summed E-state index contributed by atoms with van der Waals surface area (Å²) in [4.78, 5) is 25.0. The highest BCUT2D eigenvalue weighted by atomic mass is 16.1. The third kappa shape index (κ3) is 3.90. The fraction of sp³-hybridized carbons (Fsp3) is 0.500. The number of hydrogen-bond acceptors (Lipinski definition) is 4. The fourth-order valence-electron chi connectivity index (χ4n) is 2.18. The molecule has 0 radical (unpaired) electrons. The molecule has 1 N–H and O–H groups in total. The summed E-state index contributed by atoms with van der Waals surface area (Å²) >= 11 is 0. The fourth-order valence-corrected chi connectivity index (χ4v) is 2.18. The van der Waals surface area contributed by atoms with E-state index < -0.39 is 0 Å². The van der Waals surface area contributed by atoms with Gasteiger partial charge in [0, 0.05) is 25.1 Å². The zero-order chi connectivity index (χ0) is 16.3. The number of imidazole rings is 1. The van der Waals surface area contributed by atoms with Crippen LogP contribution in [0.25, 0.3) is 0 Å². The molecule has 6 heteroatoms. The normalized spacial score (nSPS) is 13.0. The lowest BCUT2D eigenvalue weighted by molar-refractivity contribution is 0.0891. The Morgan fingerprint density at radius 3 is 2.64 bits per heavy atom. The molecule has 0 aliphatic carbocycles. The van der Waals surface area contributed by atoms with Gasteiger partial charge in [0.25, 0.3) is 5.91 Å². The van der Waals surface area contributed by atoms with Crippen LogP contribution in [0.2, 0.25) is 0 Å². The van der Waals surface area contributed by atoms with Crippen molar-refractivity contribution < 1.29 is 4.79 Å². The van der Waals surface area contributed by atoms with Gasteiger partial charge < -0.3 is 9.88 Å². The lowest BCUT2D eigenvalue weighted by Crippen LogP contribution is -2.46. The highest BCUT2D eigenvalue weighted by Crippen LogP contribution is 2.21. The van der Waals surface area contributed by atoms with Crippen molar-refractivity contribution in [3.8, 4) is 0 Å². The Labute approximate surface area is 131 Å². The van der Waals surface area contributed by atoms with Crippen molar-refractivity contribution in [2.24, 2.45) is 5.41 Å². The summed E-state index contributed by atoms with van der Waals surface area (Å²) in [5, 5.41) is 3.10. The highest BCUT2D eigenvalue weighted by Gasteiger charge is 2.27. The predicted molar refractivity (Wildman–Crippen MR) is 84.4 cm³/mol. The minimum Gasteiger partial charge on any atom is -0.347 e. The summed E-state index contributed by atoms with van der Waals surface area (Å²) in [5.41, 5.74) is 1.13. The van der Waals surface area contributed by atoms with Crippen LogP contribution >= 0.6 is 0 Å². The van der Waals surface area contributed by atoms with Crippen LogP contribution in [-0.4, -0.2) is 31.5 Å². The number of carbonyl (C=O) groups is 1. The number of rotatable bonds is 4. The summed E-state index contributed by atoms with van der Waals surface area (Å²) in [7, 11) is 0. The molecule has 1 amide bonds. The maximum atomic E-state index is 12.5. The smallest absolute Gasteiger partial charge is 0.254 e. The Morgan fingerprint density at radius 1 is 1.36 bits per heavy atom. The molecule has 2 rings (SSSR count). The second-order valence-electron chi connectivity index (χ2n) is 6.57. The molecule has 0 aromatic carbocycles. The molecule has 2 heterocycles. The van der Waals surface area contributed by atoms with Crippen molar-refractivity contribution in [1.82, 2.24) is 24.8 Å². The minimum atomic E-state index is -0.141. The van der Waals surface area contributed by atoms with Crippen molar-refractivity contribution in [1.29, 1.82) is 0 Å². The average Bonchev–Trinajstić information content (AvgIpc) is 2.89. The Morgan fingerprint density at radius 2 is 2.09 bits per heavy atom. The Kier molecular flexibility index (Phi) is 4.59. The molecule has 6 nitrogen and oxygen atoms in total. The van der Waals surface area contributed by atoms with E-state index in [9.17, 15) is 4.79 Å². The van der Waals surface area contributed by atoms with E-state index in [-0.39, 0.29) is 17.4 Å². The van der Waals surface area contributed by atoms with E-state index in [0.717, 1.165) is 0 Å². The topological polar surface area (TPSA) is 72.7 Å². The zero-order valence-electron chi connectivity index (χ0n) is 13.8. The standard InChI is InChI=1S/C16H23N5O/c1-11-13(8-18-12(2)19-11)15(22)20-14(16(3,4)5)9-21-7-6-17-10-21/h6-8,10,14H,9H2,1-5H3,(H,20,22)/t14-/m0/s1. The number of nitrogens with one attached hydrogen (secondary N) is 1. The second-order valence-corrected chi connectivity index (χ2v) is 6.57. The van der Waals surface area contributed by atoms with Crippen LogP contribution < -0.4 is 5.32 Å². The summed E-state index contributed by atoms with van der Waals surface area (Å²) in [6, 6.07) is -0.0325. The number of amides is 1. The van der Waals surface area contributed by atoms with Gasteiger partial charge in [-0.25, -0.2) is 15.0 Å². The molecule has 0 saturated carbocycles. The van der Waals surface area contributed by atoms with Gasteiger partial charge in [-0.2, -0.15) is 0 Å². The first-order valence-electron chi connectivity index (χ1n) is 7.34. The van der Waals surface area contributed by atoms with Gasteiger partial charge in [0.05, 0.1) is 23.6 Å². The Bertz CT molecular complexity index is 643. The third-order valence-corrected chi connectivity index (χ3v) is 3.65. The number of aromatic nitrogens is 4. The van der Waals surface area contributed by atoms with Gasteiger partial charge in [0.2, 0.25) is 0 Å². The molecular weight excluding hydrogens is 278 g/mol. The molecule has 1 atom stereocenters. The molecule has 0 saturated heterocycles. The van der Waals surface area contributed by atoms with Crippen LogP contribution in [0.1, 0.15) is 42.6 Å². The van der Waals surface area contributed by atoms with E-state index in [4.69, 9.17) is 0 Å². The van der Waals surface area contributed by atoms with Gasteiger partial charge in [-0.1, -0.05) is 20.8 Å². The first kappa shape index (κ1) is 16.1. The van der Waals surface area contributed by atoms with E-state index in [2.05, 4.69) is 41.0 Å². The number of carbonyl (C=O) groups excluding carboxylic acids is 1. The van der Waals surface area contributed by atoms with Crippen LogP contribution in [0, 0.1) is 19.3 Å². The van der Waals surface area contributed by atoms with E-state index >= 15 is 0 Å². The molecule has 0 aliphatic rings. The third-order valence-electron chi connectivity index (χ3n) is 3.65. The van der Waals surface area contributed by atoms with E-state index in [0.29, 0.717) is 23.6 Å². The number of aryl methyl sites for hydroxylation is 2. The molecular formula is C16H23N5O. The van der Waals surface area contributed by atoms with E-state index in [1.165, 1.54) is 0 Å². The van der Waals surface area contributed by atoms with Crippen LogP contribution in [0.4, 0.5) is 0 Å². The minimum absolute atomic E-state index is 0.0325. The van der Waals surface area contributed by atoms with Gasteiger partial charge >= 0.3 is 0 Å². The Balaban J connectivity index is 2.17. The first-order valence-corrected chi connectivity index (χ1v) is 7.34. The van der Waals surface area contributed by atoms with Crippen molar-refractivity contribution in [3.05, 3.63) is 42.0 Å². The molecule has 0 fully saturated rings. The van der Waals surface area contributed by atoms with E-state index in [1.54, 1.807) is 18.7 Å². The summed E-state index contributed by atoms with van der Waals surface area (Å²) in [6.45, 7) is 10.6. The van der Waals surface area contributed by atoms with Gasteiger partial charge in [0.1, 0.15) is 5.82 Å². The lowest BCUT2D eigenvalue weighted by atomic mass is 9.86. The first-order chi connectivity index (χ1) is 10.3. The van der Waals surface area contributed by atoms with Crippen molar-refractivity contribution in [2.75, 3.05) is 0 Å². The maximum Gasteiger partial charge on any atom is 0.254 e. The SMILES string of the molecule is Cc1ncc(C(=O)N[C@@H](Cn2ccnc2)C(C)(C)C)c(C)n1. The van der Waals surface area contributed by atoms with Crippen molar-refractivity contribution in [3.63, 3.8) is 0 Å². The lowest BCUT2D eigenvalue weighted by Gasteiger charge is -2.32. The number of nitrogens with zero attached hydrogens (tertiary/aromatic N) is 4. The van der Waals surface area contributed by atoms with Crippen LogP contribution in [0.5, 0.6) is 0 Å². The van der Waals surface area contributed by atoms with Crippen LogP contribution in [0.15, 0.2) is 24.9 Å². The monoisotopic (exact) mass is 301 g/mol. The molecule has 118 valence electrons. The highest BCUT2D eigenvalue weighted by molar-refractivity contribution is 5.95. The molecule has 0 unspecified atom stereocenters. The summed E-state index contributed by atoms with van der Waals surface area (Å²) in [5.74, 6) is 0.525. The predicted octanol–water partition coefficient (Wildman–Crippen LogP) is 2.13. The maximum absolute atomic E-state index is 12.5. The van der Waals surface area contributed by atoms with Gasteiger partial charge in [-0.15, -0.1) is 0 Å². The van der Waals surface area contributed by atoms with Crippen LogP contribution in [-0.2, 0) is 6.54 Å². The second kappa shape index (κ2) is 6.25. The molecule has 0 bridgehead atoms. The van der Waals surface area contributed by atoms with Gasteiger partial charge in [-0.05, 0) is 19.3 Å². The van der Waals surface area contributed by atoms with Gasteiger partial charge in [0.15, 0.2) is 0 Å². The van der Waals surface area contributed by atoms with E-state index in [1.807, 2.05) is 24.6 Å². The molecule has 2 aromatic heterocycles. The molecule has 2 aromatic rings. The summed E-state index contributed by atoms with van der Waals surface area (Å²) < 4.78 is 1.97. The molecule has 0 spiro atoms. The van der Waals surface area contributed by atoms with Crippen LogP contribution in [0.3, 0.4) is 0 Å². The van der Waals surface area contributed by atoms with Crippen molar-refractivity contribution in [2.45, 2.75) is 47.2 Å². The van der Waals surface area contributed by atoms with Gasteiger partial charge in [-0.3, -0.25) is 4.79 Å². The molecule has 22 heavy (non-hydrogen) atoms. The molecule has 0 aliphatic heterocycles. The number of hydrogen-bond donors (Lipinski definition) is 1. The summed E-state index contributed by atoms with van der Waals surface area (Å²) in [6.07, 6.45) is 6.97. The van der Waals surface area contributed by atoms with Crippen molar-refractivity contribution >= 4 is 5.91 Å².